The number of imidazole rings is 1. The molecule has 1 aliphatic rings. The zero-order chi connectivity index (χ0) is 24.0. The van der Waals surface area contributed by atoms with Crippen LogP contribution in [0.2, 0.25) is 0 Å². The van der Waals surface area contributed by atoms with E-state index in [0.29, 0.717) is 6.04 Å². The number of nitrogens with zero attached hydrogens (tertiary/aromatic N) is 4. The summed E-state index contributed by atoms with van der Waals surface area (Å²) in [6.07, 6.45) is 3.21. The number of fused-ring (bicyclic) bond motifs is 1. The average molecular weight is 576 g/mol. The fraction of sp³-hybridized carbons (Fsp3) is 0.387. The molecule has 3 aromatic carbocycles. The van der Waals surface area contributed by atoms with E-state index in [1.165, 1.54) is 28.0 Å². The molecule has 0 saturated carbocycles. The van der Waals surface area contributed by atoms with Gasteiger partial charge in [-0.05, 0) is 41.7 Å². The van der Waals surface area contributed by atoms with Crippen LogP contribution in [0, 0.1) is 0 Å². The molecule has 0 N–H and O–H groups in total. The molecule has 1 fully saturated rings. The third-order valence-electron chi connectivity index (χ3n) is 7.37. The highest BCUT2D eigenvalue weighted by molar-refractivity contribution is 5.86. The molecule has 5 rings (SSSR count). The zero-order valence-electron chi connectivity index (χ0n) is 22.5. The summed E-state index contributed by atoms with van der Waals surface area (Å²) < 4.78 is 2.40. The van der Waals surface area contributed by atoms with Gasteiger partial charge in [0.1, 0.15) is 5.82 Å². The first kappa shape index (κ1) is 32.1. The van der Waals surface area contributed by atoms with Crippen molar-refractivity contribution in [2.24, 2.45) is 0 Å². The summed E-state index contributed by atoms with van der Waals surface area (Å²) in [5, 5.41) is 0. The van der Waals surface area contributed by atoms with Crippen molar-refractivity contribution in [2.45, 2.75) is 45.7 Å². The Kier molecular flexibility index (Phi) is 13.1. The van der Waals surface area contributed by atoms with Gasteiger partial charge in [-0.25, -0.2) is 4.98 Å². The topological polar surface area (TPSA) is 24.3 Å². The average Bonchev–Trinajstić information content (AvgIpc) is 3.26. The Morgan fingerprint density at radius 2 is 1.34 bits per heavy atom. The molecule has 0 bridgehead atoms. The quantitative estimate of drug-likeness (QED) is 0.210. The lowest BCUT2D eigenvalue weighted by Gasteiger charge is -2.39. The normalized spacial score (nSPS) is 14.1. The van der Waals surface area contributed by atoms with Gasteiger partial charge >= 0.3 is 0 Å². The van der Waals surface area contributed by atoms with E-state index in [9.17, 15) is 0 Å². The molecule has 0 unspecified atom stereocenters. The fourth-order valence-electron chi connectivity index (χ4n) is 5.54. The van der Waals surface area contributed by atoms with Gasteiger partial charge in [0.25, 0.3) is 0 Å². The van der Waals surface area contributed by atoms with Crippen LogP contribution in [0.1, 0.15) is 48.8 Å². The van der Waals surface area contributed by atoms with Crippen LogP contribution in [-0.4, -0.2) is 52.1 Å². The predicted octanol–water partition coefficient (Wildman–Crippen LogP) is 7.22. The van der Waals surface area contributed by atoms with Gasteiger partial charge in [-0.1, -0.05) is 80.6 Å². The van der Waals surface area contributed by atoms with Crippen molar-refractivity contribution < 1.29 is 0 Å². The lowest BCUT2D eigenvalue weighted by atomic mass is 9.96. The molecule has 4 aromatic rings. The summed E-state index contributed by atoms with van der Waals surface area (Å²) in [6, 6.07) is 29.2. The van der Waals surface area contributed by atoms with Crippen LogP contribution in [0.25, 0.3) is 11.0 Å². The smallest absolute Gasteiger partial charge is 0.109 e. The largest absolute Gasteiger partial charge is 0.328 e. The molecule has 1 aliphatic heterocycles. The van der Waals surface area contributed by atoms with E-state index in [1.807, 2.05) is 0 Å². The summed E-state index contributed by atoms with van der Waals surface area (Å²) in [5.74, 6) is 1.21. The second-order valence-corrected chi connectivity index (χ2v) is 9.71. The van der Waals surface area contributed by atoms with Gasteiger partial charge in [0, 0.05) is 45.7 Å². The fourth-order valence-corrected chi connectivity index (χ4v) is 5.54. The van der Waals surface area contributed by atoms with Crippen LogP contribution < -0.4 is 0 Å². The van der Waals surface area contributed by atoms with Crippen molar-refractivity contribution in [3.8, 4) is 0 Å². The molecule has 1 aromatic heterocycles. The molecule has 0 aliphatic carbocycles. The lowest BCUT2D eigenvalue weighted by molar-refractivity contribution is 0.110. The molecule has 206 valence electrons. The van der Waals surface area contributed by atoms with Crippen LogP contribution in [-0.2, 0) is 19.4 Å². The number of halogens is 3. The van der Waals surface area contributed by atoms with Crippen molar-refractivity contribution in [3.05, 3.63) is 101 Å². The van der Waals surface area contributed by atoms with Crippen LogP contribution in [0.15, 0.2) is 78.9 Å². The maximum Gasteiger partial charge on any atom is 0.109 e. The highest BCUT2D eigenvalue weighted by Gasteiger charge is 2.26. The summed E-state index contributed by atoms with van der Waals surface area (Å²) in [4.78, 5) is 10.2. The van der Waals surface area contributed by atoms with Crippen molar-refractivity contribution in [1.82, 2.24) is 19.4 Å². The van der Waals surface area contributed by atoms with Gasteiger partial charge in [-0.3, -0.25) is 4.90 Å². The van der Waals surface area contributed by atoms with Gasteiger partial charge in [-0.2, -0.15) is 0 Å². The molecule has 0 atom stereocenters. The Labute approximate surface area is 246 Å². The lowest BCUT2D eigenvalue weighted by Crippen LogP contribution is -2.48. The van der Waals surface area contributed by atoms with Gasteiger partial charge in [0.05, 0.1) is 17.1 Å². The van der Waals surface area contributed by atoms with Gasteiger partial charge in [0.2, 0.25) is 0 Å². The molecule has 1 saturated heterocycles. The third kappa shape index (κ3) is 7.31. The monoisotopic (exact) mass is 574 g/mol. The van der Waals surface area contributed by atoms with E-state index in [2.05, 4.69) is 107 Å². The summed E-state index contributed by atoms with van der Waals surface area (Å²) in [5.41, 5.74) is 6.61. The van der Waals surface area contributed by atoms with E-state index in [-0.39, 0.29) is 37.2 Å². The number of rotatable bonds is 9. The maximum atomic E-state index is 4.93. The van der Waals surface area contributed by atoms with Gasteiger partial charge in [-0.15, -0.1) is 37.2 Å². The SMILES string of the molecule is CCCn1c(CC)nc2cc(CCN3CCN(C(c4ccccc4)c4ccccc4)CC3)ccc21.Cl.Cl.Cl. The molecule has 0 amide bonds. The van der Waals surface area contributed by atoms with Crippen molar-refractivity contribution >= 4 is 48.3 Å². The Hall–Kier alpha value is -2.08. The first-order valence-corrected chi connectivity index (χ1v) is 13.3. The second-order valence-electron chi connectivity index (χ2n) is 9.71. The maximum absolute atomic E-state index is 4.93. The molecular weight excluding hydrogens is 535 g/mol. The van der Waals surface area contributed by atoms with Crippen molar-refractivity contribution in [3.63, 3.8) is 0 Å². The van der Waals surface area contributed by atoms with Crippen LogP contribution in [0.3, 0.4) is 0 Å². The number of aryl methyl sites for hydroxylation is 2. The highest BCUT2D eigenvalue weighted by atomic mass is 35.5. The molecule has 2 heterocycles. The first-order chi connectivity index (χ1) is 17.3. The summed E-state index contributed by atoms with van der Waals surface area (Å²) >= 11 is 0. The van der Waals surface area contributed by atoms with Crippen LogP contribution >= 0.6 is 37.2 Å². The molecular formula is C31H41Cl3N4. The van der Waals surface area contributed by atoms with E-state index in [4.69, 9.17) is 4.98 Å². The Bertz CT molecular complexity index is 1180. The summed E-state index contributed by atoms with van der Waals surface area (Å²) in [7, 11) is 0. The molecule has 7 heteroatoms. The Balaban J connectivity index is 0.00000169. The number of aromatic nitrogens is 2. The van der Waals surface area contributed by atoms with E-state index < -0.39 is 0 Å². The minimum atomic E-state index is 0. The minimum absolute atomic E-state index is 0. The Morgan fingerprint density at radius 1 is 0.737 bits per heavy atom. The number of hydrogen-bond donors (Lipinski definition) is 0. The molecule has 38 heavy (non-hydrogen) atoms. The summed E-state index contributed by atoms with van der Waals surface area (Å²) in [6.45, 7) is 11.0. The Morgan fingerprint density at radius 3 is 1.89 bits per heavy atom. The standard InChI is InChI=1S/C31H38N4.3ClH/c1-3-18-35-29-16-15-25(24-28(29)32-30(35)4-2)17-19-33-20-22-34(23-21-33)31(26-11-7-5-8-12-26)27-13-9-6-10-14-27;;;/h5-16,24,31H,3-4,17-23H2,1-2H3;3*1H. The first-order valence-electron chi connectivity index (χ1n) is 13.3. The number of piperazine rings is 1. The second kappa shape index (κ2) is 15.5. The van der Waals surface area contributed by atoms with Gasteiger partial charge in [0.15, 0.2) is 0 Å². The zero-order valence-corrected chi connectivity index (χ0v) is 24.9. The molecule has 0 spiro atoms. The minimum Gasteiger partial charge on any atom is -0.328 e. The van der Waals surface area contributed by atoms with Crippen LogP contribution in [0.4, 0.5) is 0 Å². The van der Waals surface area contributed by atoms with E-state index in [0.717, 1.165) is 64.0 Å². The number of hydrogen-bond acceptors (Lipinski definition) is 3. The van der Waals surface area contributed by atoms with Crippen LogP contribution in [0.5, 0.6) is 0 Å². The van der Waals surface area contributed by atoms with Crippen molar-refractivity contribution in [2.75, 3.05) is 32.7 Å². The predicted molar refractivity (Wildman–Crippen MR) is 168 cm³/mol. The van der Waals surface area contributed by atoms with Gasteiger partial charge < -0.3 is 9.47 Å². The molecule has 0 radical (unpaired) electrons. The number of benzene rings is 3. The van der Waals surface area contributed by atoms with E-state index >= 15 is 0 Å². The molecule has 4 nitrogen and oxygen atoms in total. The van der Waals surface area contributed by atoms with E-state index in [1.54, 1.807) is 0 Å². The third-order valence-corrected chi connectivity index (χ3v) is 7.37. The highest BCUT2D eigenvalue weighted by Crippen LogP contribution is 2.29. The van der Waals surface area contributed by atoms with Crippen molar-refractivity contribution in [1.29, 1.82) is 0 Å².